The number of amides is 2. The van der Waals surface area contributed by atoms with Gasteiger partial charge < -0.3 is 10.2 Å². The van der Waals surface area contributed by atoms with Gasteiger partial charge >= 0.3 is 0 Å². The van der Waals surface area contributed by atoms with Crippen molar-refractivity contribution in [2.24, 2.45) is 0 Å². The molecule has 0 saturated heterocycles. The first-order valence-electron chi connectivity index (χ1n) is 15.1. The summed E-state index contributed by atoms with van der Waals surface area (Å²) in [5, 5.41) is 3.40. The predicted molar refractivity (Wildman–Crippen MR) is 186 cm³/mol. The van der Waals surface area contributed by atoms with E-state index in [1.54, 1.807) is 18.2 Å². The third kappa shape index (κ3) is 8.90. The van der Waals surface area contributed by atoms with Crippen LogP contribution in [0.25, 0.3) is 0 Å². The van der Waals surface area contributed by atoms with Gasteiger partial charge in [-0.2, -0.15) is 0 Å². The standard InChI is InChI=1S/C36H39Cl2N3O4S/c1-5-27(4)39-36(43)34(21-28-9-7-6-8-10-28)40(23-29-15-11-25(2)12-16-29)35(42)24-41(33-22-30(37)17-20-32(33)38)46(44,45)31-18-13-26(3)14-19-31/h6-20,22,27,34H,5,21,23-24H2,1-4H3,(H,39,43)/t27-,34+/m0/s1. The maximum Gasteiger partial charge on any atom is 0.264 e. The van der Waals surface area contributed by atoms with Gasteiger partial charge in [-0.15, -0.1) is 0 Å². The van der Waals surface area contributed by atoms with Gasteiger partial charge in [0.25, 0.3) is 10.0 Å². The Morgan fingerprint density at radius 1 is 0.826 bits per heavy atom. The molecule has 0 aliphatic heterocycles. The Hall–Kier alpha value is -3.85. The minimum absolute atomic E-state index is 0.0117. The summed E-state index contributed by atoms with van der Waals surface area (Å²) in [5.41, 5.74) is 3.63. The van der Waals surface area contributed by atoms with Crippen LogP contribution in [0.4, 0.5) is 5.69 Å². The monoisotopic (exact) mass is 679 g/mol. The van der Waals surface area contributed by atoms with Crippen LogP contribution in [0.5, 0.6) is 0 Å². The molecule has 0 aliphatic rings. The van der Waals surface area contributed by atoms with Gasteiger partial charge in [0.2, 0.25) is 11.8 Å². The summed E-state index contributed by atoms with van der Waals surface area (Å²) < 4.78 is 29.4. The normalized spacial score (nSPS) is 12.7. The third-order valence-electron chi connectivity index (χ3n) is 7.81. The lowest BCUT2D eigenvalue weighted by Crippen LogP contribution is -2.54. The average Bonchev–Trinajstić information content (AvgIpc) is 3.04. The molecule has 10 heteroatoms. The predicted octanol–water partition coefficient (Wildman–Crippen LogP) is 7.36. The number of sulfonamides is 1. The minimum atomic E-state index is -4.30. The number of rotatable bonds is 13. The summed E-state index contributed by atoms with van der Waals surface area (Å²) in [4.78, 5) is 30.0. The quantitative estimate of drug-likeness (QED) is 0.160. The van der Waals surface area contributed by atoms with Crippen molar-refractivity contribution in [1.29, 1.82) is 0 Å². The van der Waals surface area contributed by atoms with Crippen molar-refractivity contribution < 1.29 is 18.0 Å². The van der Waals surface area contributed by atoms with Gasteiger partial charge in [0.1, 0.15) is 12.6 Å². The highest BCUT2D eigenvalue weighted by Crippen LogP contribution is 2.33. The second-order valence-corrected chi connectivity index (χ2v) is 14.2. The molecule has 0 bridgehead atoms. The first-order chi connectivity index (χ1) is 21.9. The van der Waals surface area contributed by atoms with Crippen molar-refractivity contribution >= 4 is 50.7 Å². The molecule has 1 N–H and O–H groups in total. The number of nitrogens with zero attached hydrogens (tertiary/aromatic N) is 2. The van der Waals surface area contributed by atoms with Crippen molar-refractivity contribution in [3.63, 3.8) is 0 Å². The van der Waals surface area contributed by atoms with E-state index in [2.05, 4.69) is 5.32 Å². The van der Waals surface area contributed by atoms with Crippen LogP contribution < -0.4 is 9.62 Å². The summed E-state index contributed by atoms with van der Waals surface area (Å²) in [6, 6.07) is 26.8. The maximum atomic E-state index is 14.6. The summed E-state index contributed by atoms with van der Waals surface area (Å²) in [5.74, 6) is -0.903. The molecule has 2 amide bonds. The van der Waals surface area contributed by atoms with Crippen LogP contribution in [0.3, 0.4) is 0 Å². The van der Waals surface area contributed by atoms with Gasteiger partial charge in [-0.25, -0.2) is 8.42 Å². The van der Waals surface area contributed by atoms with Gasteiger partial charge in [-0.3, -0.25) is 13.9 Å². The average molecular weight is 681 g/mol. The Kier molecular flexibility index (Phi) is 11.9. The van der Waals surface area contributed by atoms with Gasteiger partial charge in [0.15, 0.2) is 0 Å². The molecule has 0 radical (unpaired) electrons. The van der Waals surface area contributed by atoms with Crippen molar-refractivity contribution in [3.05, 3.63) is 129 Å². The van der Waals surface area contributed by atoms with Crippen LogP contribution in [0.1, 0.15) is 42.5 Å². The molecule has 7 nitrogen and oxygen atoms in total. The zero-order valence-electron chi connectivity index (χ0n) is 26.4. The number of carbonyl (C=O) groups excluding carboxylic acids is 2. The van der Waals surface area contributed by atoms with Gasteiger partial charge in [0, 0.05) is 24.0 Å². The van der Waals surface area contributed by atoms with E-state index in [9.17, 15) is 18.0 Å². The summed E-state index contributed by atoms with van der Waals surface area (Å²) in [7, 11) is -4.30. The molecule has 0 spiro atoms. The van der Waals surface area contributed by atoms with E-state index in [-0.39, 0.29) is 45.5 Å². The third-order valence-corrected chi connectivity index (χ3v) is 10.1. The van der Waals surface area contributed by atoms with Gasteiger partial charge in [-0.1, -0.05) is 108 Å². The number of hydrogen-bond donors (Lipinski definition) is 1. The van der Waals surface area contributed by atoms with Crippen molar-refractivity contribution in [3.8, 4) is 0 Å². The lowest BCUT2D eigenvalue weighted by molar-refractivity contribution is -0.140. The van der Waals surface area contributed by atoms with Crippen LogP contribution in [0, 0.1) is 13.8 Å². The molecule has 242 valence electrons. The second kappa shape index (κ2) is 15.6. The summed E-state index contributed by atoms with van der Waals surface area (Å²) in [6.45, 7) is 7.14. The van der Waals surface area contributed by atoms with Gasteiger partial charge in [0.05, 0.1) is 15.6 Å². The smallest absolute Gasteiger partial charge is 0.264 e. The fraction of sp³-hybridized carbons (Fsp3) is 0.278. The van der Waals surface area contributed by atoms with E-state index in [4.69, 9.17) is 23.2 Å². The summed E-state index contributed by atoms with van der Waals surface area (Å²) in [6.07, 6.45) is 0.925. The number of halogens is 2. The summed E-state index contributed by atoms with van der Waals surface area (Å²) >= 11 is 12.9. The van der Waals surface area contributed by atoms with E-state index in [1.165, 1.54) is 29.2 Å². The SMILES string of the molecule is CC[C@H](C)NC(=O)[C@@H](Cc1ccccc1)N(Cc1ccc(C)cc1)C(=O)CN(c1cc(Cl)ccc1Cl)S(=O)(=O)c1ccc(C)cc1. The topological polar surface area (TPSA) is 86.8 Å². The molecule has 4 aromatic carbocycles. The van der Waals surface area contributed by atoms with E-state index >= 15 is 0 Å². The molecule has 0 aromatic heterocycles. The molecule has 0 aliphatic carbocycles. The van der Waals surface area contributed by atoms with Gasteiger partial charge in [-0.05, 0) is 68.7 Å². The molecule has 4 rings (SSSR count). The lowest BCUT2D eigenvalue weighted by atomic mass is 10.0. The first kappa shape index (κ1) is 35.0. The Balaban J connectivity index is 1.83. The van der Waals surface area contributed by atoms with Crippen molar-refractivity contribution in [2.45, 2.75) is 64.1 Å². The molecule has 0 heterocycles. The van der Waals surface area contributed by atoms with Crippen LogP contribution >= 0.6 is 23.2 Å². The molecular weight excluding hydrogens is 641 g/mol. The van der Waals surface area contributed by atoms with E-state index in [0.717, 1.165) is 26.6 Å². The number of hydrogen-bond acceptors (Lipinski definition) is 4. The number of carbonyl (C=O) groups is 2. The molecule has 4 aromatic rings. The largest absolute Gasteiger partial charge is 0.352 e. The minimum Gasteiger partial charge on any atom is -0.352 e. The lowest BCUT2D eigenvalue weighted by Gasteiger charge is -2.34. The molecule has 46 heavy (non-hydrogen) atoms. The van der Waals surface area contributed by atoms with Crippen LogP contribution in [0.15, 0.2) is 102 Å². The maximum absolute atomic E-state index is 14.6. The zero-order valence-corrected chi connectivity index (χ0v) is 28.7. The number of benzene rings is 4. The van der Waals surface area contributed by atoms with E-state index in [1.807, 2.05) is 82.3 Å². The fourth-order valence-corrected chi connectivity index (χ4v) is 6.77. The molecule has 2 atom stereocenters. The second-order valence-electron chi connectivity index (χ2n) is 11.5. The molecule has 0 unspecified atom stereocenters. The number of nitrogens with one attached hydrogen (secondary N) is 1. The van der Waals surface area contributed by atoms with Crippen LogP contribution in [-0.2, 0) is 32.6 Å². The van der Waals surface area contributed by atoms with E-state index < -0.39 is 28.5 Å². The van der Waals surface area contributed by atoms with Crippen molar-refractivity contribution in [1.82, 2.24) is 10.2 Å². The molecule has 0 saturated carbocycles. The fourth-order valence-electron chi connectivity index (χ4n) is 4.91. The number of anilines is 1. The van der Waals surface area contributed by atoms with Crippen LogP contribution in [-0.4, -0.2) is 43.8 Å². The molecule has 0 fully saturated rings. The van der Waals surface area contributed by atoms with Crippen molar-refractivity contribution in [2.75, 3.05) is 10.8 Å². The number of aryl methyl sites for hydroxylation is 2. The highest BCUT2D eigenvalue weighted by Gasteiger charge is 2.35. The Morgan fingerprint density at radius 3 is 2.04 bits per heavy atom. The highest BCUT2D eigenvalue weighted by molar-refractivity contribution is 7.92. The van der Waals surface area contributed by atoms with E-state index in [0.29, 0.717) is 6.42 Å². The Labute approximate surface area is 282 Å². The Bertz CT molecular complexity index is 1750. The van der Waals surface area contributed by atoms with Crippen LogP contribution in [0.2, 0.25) is 10.0 Å². The molecular formula is C36H39Cl2N3O4S. The zero-order chi connectivity index (χ0) is 33.4. The first-order valence-corrected chi connectivity index (χ1v) is 17.3. The Morgan fingerprint density at radius 2 is 1.43 bits per heavy atom. The highest BCUT2D eigenvalue weighted by atomic mass is 35.5.